The fourth-order valence-corrected chi connectivity index (χ4v) is 1.54. The Morgan fingerprint density at radius 3 is 2.77 bits per heavy atom. The van der Waals surface area contributed by atoms with E-state index in [-0.39, 0.29) is 0 Å². The summed E-state index contributed by atoms with van der Waals surface area (Å²) in [6, 6.07) is 3.80. The number of aromatic nitrogens is 1. The molecule has 1 N–H and O–H groups in total. The van der Waals surface area contributed by atoms with Crippen molar-refractivity contribution in [3.8, 4) is 0 Å². The lowest BCUT2D eigenvalue weighted by molar-refractivity contribution is 0.684. The van der Waals surface area contributed by atoms with E-state index in [1.165, 1.54) is 0 Å². The van der Waals surface area contributed by atoms with Crippen molar-refractivity contribution in [2.24, 2.45) is 0 Å². The lowest BCUT2D eigenvalue weighted by Gasteiger charge is -2.04. The highest BCUT2D eigenvalue weighted by Crippen LogP contribution is 2.01. The highest BCUT2D eigenvalue weighted by atomic mass is 32.2. The molecule has 3 nitrogen and oxygen atoms in total. The van der Waals surface area contributed by atoms with E-state index in [0.29, 0.717) is 5.75 Å². The van der Waals surface area contributed by atoms with Gasteiger partial charge in [-0.15, -0.1) is 0 Å². The van der Waals surface area contributed by atoms with E-state index < -0.39 is 10.8 Å². The fourth-order valence-electron chi connectivity index (χ4n) is 0.923. The minimum atomic E-state index is -0.679. The van der Waals surface area contributed by atoms with Crippen LogP contribution >= 0.6 is 0 Å². The molecule has 0 radical (unpaired) electrons. The van der Waals surface area contributed by atoms with Gasteiger partial charge in [0, 0.05) is 46.9 Å². The maximum atomic E-state index is 11.1. The number of hydrogen-bond acceptors (Lipinski definition) is 3. The average molecular weight is 198 g/mol. The van der Waals surface area contributed by atoms with Gasteiger partial charge in [-0.1, -0.05) is 6.92 Å². The molecule has 13 heavy (non-hydrogen) atoms. The third kappa shape index (κ3) is 4.03. The van der Waals surface area contributed by atoms with E-state index in [0.717, 1.165) is 18.0 Å². The molecular formula is C9H14N2OS. The smallest absolute Gasteiger partial charge is 0.0408 e. The molecule has 0 aliphatic heterocycles. The minimum Gasteiger partial charge on any atom is -0.384 e. The molecule has 0 amide bonds. The Kier molecular flexibility index (Phi) is 4.46. The van der Waals surface area contributed by atoms with E-state index in [1.807, 2.05) is 19.1 Å². The molecule has 0 spiro atoms. The standard InChI is InChI=1S/C9H14N2OS/c1-2-13(12)8-7-11-9-3-5-10-6-4-9/h3-6H,2,7-8H2,1H3,(H,10,11). The zero-order valence-electron chi connectivity index (χ0n) is 7.69. The number of nitrogens with zero attached hydrogens (tertiary/aromatic N) is 1. The van der Waals surface area contributed by atoms with Gasteiger partial charge >= 0.3 is 0 Å². The van der Waals surface area contributed by atoms with Crippen molar-refractivity contribution >= 4 is 16.5 Å². The van der Waals surface area contributed by atoms with Crippen molar-refractivity contribution in [1.29, 1.82) is 0 Å². The summed E-state index contributed by atoms with van der Waals surface area (Å²) in [5, 5.41) is 3.18. The maximum Gasteiger partial charge on any atom is 0.0408 e. The van der Waals surface area contributed by atoms with Crippen molar-refractivity contribution in [2.75, 3.05) is 23.4 Å². The Morgan fingerprint density at radius 1 is 1.46 bits per heavy atom. The van der Waals surface area contributed by atoms with Crippen LogP contribution in [-0.4, -0.2) is 27.2 Å². The summed E-state index contributed by atoms with van der Waals surface area (Å²) in [7, 11) is -0.679. The predicted molar refractivity (Wildman–Crippen MR) is 56.3 cm³/mol. The molecule has 0 aliphatic carbocycles. The highest BCUT2D eigenvalue weighted by molar-refractivity contribution is 7.84. The quantitative estimate of drug-likeness (QED) is 0.774. The van der Waals surface area contributed by atoms with Crippen LogP contribution in [0.25, 0.3) is 0 Å². The first kappa shape index (κ1) is 10.2. The molecule has 0 saturated carbocycles. The number of rotatable bonds is 5. The monoisotopic (exact) mass is 198 g/mol. The summed E-state index contributed by atoms with van der Waals surface area (Å²) in [5.74, 6) is 1.44. The largest absolute Gasteiger partial charge is 0.384 e. The molecule has 0 fully saturated rings. The summed E-state index contributed by atoms with van der Waals surface area (Å²) in [4.78, 5) is 3.90. The molecular weight excluding hydrogens is 184 g/mol. The molecule has 0 aliphatic rings. The van der Waals surface area contributed by atoms with Crippen molar-refractivity contribution in [3.05, 3.63) is 24.5 Å². The zero-order chi connectivity index (χ0) is 9.52. The lowest BCUT2D eigenvalue weighted by Crippen LogP contribution is -2.11. The van der Waals surface area contributed by atoms with Gasteiger partial charge in [-0.3, -0.25) is 9.19 Å². The van der Waals surface area contributed by atoms with Crippen molar-refractivity contribution in [1.82, 2.24) is 4.98 Å². The van der Waals surface area contributed by atoms with Gasteiger partial charge in [-0.05, 0) is 12.1 Å². The van der Waals surface area contributed by atoms with Crippen LogP contribution in [0.15, 0.2) is 24.5 Å². The second kappa shape index (κ2) is 5.70. The summed E-state index contributed by atoms with van der Waals surface area (Å²) in [6.07, 6.45) is 3.47. The molecule has 72 valence electrons. The third-order valence-electron chi connectivity index (χ3n) is 1.66. The van der Waals surface area contributed by atoms with Gasteiger partial charge < -0.3 is 5.32 Å². The van der Waals surface area contributed by atoms with E-state index in [2.05, 4.69) is 10.3 Å². The lowest BCUT2D eigenvalue weighted by atomic mass is 10.4. The van der Waals surface area contributed by atoms with Crippen LogP contribution in [0.2, 0.25) is 0 Å². The third-order valence-corrected chi connectivity index (χ3v) is 2.96. The molecule has 1 aromatic heterocycles. The fraction of sp³-hybridized carbons (Fsp3) is 0.444. The topological polar surface area (TPSA) is 42.0 Å². The first-order valence-corrected chi connectivity index (χ1v) is 5.80. The maximum absolute atomic E-state index is 11.1. The van der Waals surface area contributed by atoms with E-state index >= 15 is 0 Å². The van der Waals surface area contributed by atoms with Crippen LogP contribution < -0.4 is 5.32 Å². The number of hydrogen-bond donors (Lipinski definition) is 1. The Morgan fingerprint density at radius 2 is 2.15 bits per heavy atom. The average Bonchev–Trinajstić information content (AvgIpc) is 2.19. The molecule has 0 bridgehead atoms. The molecule has 1 rings (SSSR count). The van der Waals surface area contributed by atoms with Crippen molar-refractivity contribution in [2.45, 2.75) is 6.92 Å². The number of nitrogens with one attached hydrogen (secondary N) is 1. The summed E-state index contributed by atoms with van der Waals surface area (Å²) < 4.78 is 11.1. The summed E-state index contributed by atoms with van der Waals surface area (Å²) in [5.41, 5.74) is 1.03. The summed E-state index contributed by atoms with van der Waals surface area (Å²) >= 11 is 0. The van der Waals surface area contributed by atoms with E-state index in [9.17, 15) is 4.21 Å². The highest BCUT2D eigenvalue weighted by Gasteiger charge is 1.94. The Labute approximate surface area is 81.0 Å². The van der Waals surface area contributed by atoms with Gasteiger partial charge in [-0.25, -0.2) is 0 Å². The first-order valence-electron chi connectivity index (χ1n) is 4.32. The van der Waals surface area contributed by atoms with Crippen LogP contribution in [0.4, 0.5) is 5.69 Å². The molecule has 1 aromatic rings. The molecule has 1 unspecified atom stereocenters. The Bertz CT molecular complexity index is 264. The number of pyridine rings is 1. The van der Waals surface area contributed by atoms with E-state index in [1.54, 1.807) is 12.4 Å². The minimum absolute atomic E-state index is 0.679. The van der Waals surface area contributed by atoms with Gasteiger partial charge in [0.25, 0.3) is 0 Å². The van der Waals surface area contributed by atoms with Crippen molar-refractivity contribution < 1.29 is 4.21 Å². The molecule has 1 atom stereocenters. The van der Waals surface area contributed by atoms with Crippen molar-refractivity contribution in [3.63, 3.8) is 0 Å². The van der Waals surface area contributed by atoms with Gasteiger partial charge in [-0.2, -0.15) is 0 Å². The van der Waals surface area contributed by atoms with Gasteiger partial charge in [0.2, 0.25) is 0 Å². The number of anilines is 1. The molecule has 0 saturated heterocycles. The molecule has 0 aromatic carbocycles. The van der Waals surface area contributed by atoms with Crippen LogP contribution in [0.3, 0.4) is 0 Å². The second-order valence-corrected chi connectivity index (χ2v) is 4.46. The second-order valence-electron chi connectivity index (χ2n) is 2.60. The van der Waals surface area contributed by atoms with Crippen LogP contribution in [0.5, 0.6) is 0 Å². The SMILES string of the molecule is CCS(=O)CCNc1ccncc1. The molecule has 4 heteroatoms. The Balaban J connectivity index is 2.24. The Hall–Kier alpha value is -0.900. The van der Waals surface area contributed by atoms with E-state index in [4.69, 9.17) is 0 Å². The summed E-state index contributed by atoms with van der Waals surface area (Å²) in [6.45, 7) is 2.69. The first-order chi connectivity index (χ1) is 6.33. The van der Waals surface area contributed by atoms with Gasteiger partial charge in [0.15, 0.2) is 0 Å². The zero-order valence-corrected chi connectivity index (χ0v) is 8.51. The van der Waals surface area contributed by atoms with Gasteiger partial charge in [0.05, 0.1) is 0 Å². The van der Waals surface area contributed by atoms with Gasteiger partial charge in [0.1, 0.15) is 0 Å². The normalized spacial score (nSPS) is 12.4. The van der Waals surface area contributed by atoms with Crippen LogP contribution in [0.1, 0.15) is 6.92 Å². The van der Waals surface area contributed by atoms with Crippen LogP contribution in [-0.2, 0) is 10.8 Å². The van der Waals surface area contributed by atoms with Crippen LogP contribution in [0, 0.1) is 0 Å². The molecule has 1 heterocycles. The predicted octanol–water partition coefficient (Wildman–Crippen LogP) is 1.26.